The van der Waals surface area contributed by atoms with Crippen LogP contribution in [0.2, 0.25) is 0 Å². The van der Waals surface area contributed by atoms with Crippen molar-refractivity contribution in [1.29, 1.82) is 0 Å². The van der Waals surface area contributed by atoms with Gasteiger partial charge in [-0.15, -0.1) is 11.3 Å². The SMILES string of the molecule is O=C(O)c1ccccc1-c1cnc(CN2CC[C@@H](c3ccn[nH]3)C2)s1. The van der Waals surface area contributed by atoms with E-state index < -0.39 is 5.97 Å². The molecule has 3 heterocycles. The molecule has 1 aromatic carbocycles. The van der Waals surface area contributed by atoms with Crippen LogP contribution in [-0.4, -0.2) is 44.2 Å². The number of hydrogen-bond acceptors (Lipinski definition) is 5. The molecule has 0 bridgehead atoms. The minimum Gasteiger partial charge on any atom is -0.478 e. The molecule has 1 saturated heterocycles. The number of nitrogens with zero attached hydrogens (tertiary/aromatic N) is 3. The molecule has 0 radical (unpaired) electrons. The summed E-state index contributed by atoms with van der Waals surface area (Å²) in [5.74, 6) is -0.415. The monoisotopic (exact) mass is 354 g/mol. The molecule has 0 spiro atoms. The molecule has 0 saturated carbocycles. The average Bonchev–Trinajstić information content (AvgIpc) is 3.36. The zero-order valence-electron chi connectivity index (χ0n) is 13.6. The van der Waals surface area contributed by atoms with Crippen LogP contribution < -0.4 is 0 Å². The van der Waals surface area contributed by atoms with Crippen molar-refractivity contribution in [3.63, 3.8) is 0 Å². The van der Waals surface area contributed by atoms with Gasteiger partial charge in [-0.3, -0.25) is 10.00 Å². The number of benzene rings is 1. The van der Waals surface area contributed by atoms with Crippen LogP contribution >= 0.6 is 11.3 Å². The Bertz CT molecular complexity index is 875. The lowest BCUT2D eigenvalue weighted by Crippen LogP contribution is -2.19. The van der Waals surface area contributed by atoms with E-state index in [1.165, 1.54) is 5.69 Å². The van der Waals surface area contributed by atoms with Crippen molar-refractivity contribution in [3.05, 3.63) is 59.0 Å². The number of hydrogen-bond donors (Lipinski definition) is 2. The maximum absolute atomic E-state index is 11.4. The van der Waals surface area contributed by atoms with Crippen molar-refractivity contribution < 1.29 is 9.90 Å². The van der Waals surface area contributed by atoms with Gasteiger partial charge in [-0.05, 0) is 25.1 Å². The molecular weight excluding hydrogens is 336 g/mol. The molecule has 6 nitrogen and oxygen atoms in total. The summed E-state index contributed by atoms with van der Waals surface area (Å²) >= 11 is 1.57. The van der Waals surface area contributed by atoms with Crippen molar-refractivity contribution in [1.82, 2.24) is 20.1 Å². The van der Waals surface area contributed by atoms with E-state index in [4.69, 9.17) is 0 Å². The van der Waals surface area contributed by atoms with Gasteiger partial charge in [0.1, 0.15) is 5.01 Å². The number of carboxylic acids is 1. The van der Waals surface area contributed by atoms with Gasteiger partial charge in [0.05, 0.1) is 17.0 Å². The Morgan fingerprint density at radius 3 is 3.04 bits per heavy atom. The van der Waals surface area contributed by atoms with Crippen molar-refractivity contribution in [2.45, 2.75) is 18.9 Å². The Balaban J connectivity index is 1.47. The molecule has 4 rings (SSSR count). The summed E-state index contributed by atoms with van der Waals surface area (Å²) in [5.41, 5.74) is 2.24. The summed E-state index contributed by atoms with van der Waals surface area (Å²) in [4.78, 5) is 19.2. The zero-order valence-corrected chi connectivity index (χ0v) is 14.4. The summed E-state index contributed by atoms with van der Waals surface area (Å²) < 4.78 is 0. The number of carboxylic acid groups (broad SMARTS) is 1. The van der Waals surface area contributed by atoms with Gasteiger partial charge in [0.15, 0.2) is 0 Å². The summed E-state index contributed by atoms with van der Waals surface area (Å²) in [6, 6.07) is 9.11. The van der Waals surface area contributed by atoms with E-state index in [0.29, 0.717) is 11.5 Å². The first-order valence-electron chi connectivity index (χ1n) is 8.20. The van der Waals surface area contributed by atoms with E-state index in [1.807, 2.05) is 18.2 Å². The Hall–Kier alpha value is -2.51. The summed E-state index contributed by atoms with van der Waals surface area (Å²) in [7, 11) is 0. The smallest absolute Gasteiger partial charge is 0.336 e. The van der Waals surface area contributed by atoms with E-state index in [1.54, 1.807) is 35.9 Å². The van der Waals surface area contributed by atoms with Gasteiger partial charge in [-0.25, -0.2) is 9.78 Å². The van der Waals surface area contributed by atoms with Gasteiger partial charge in [0, 0.05) is 36.1 Å². The van der Waals surface area contributed by atoms with Crippen LogP contribution in [-0.2, 0) is 6.54 Å². The van der Waals surface area contributed by atoms with Crippen LogP contribution in [0.4, 0.5) is 0 Å². The van der Waals surface area contributed by atoms with Crippen molar-refractivity contribution >= 4 is 17.3 Å². The summed E-state index contributed by atoms with van der Waals surface area (Å²) in [6.07, 6.45) is 4.69. The van der Waals surface area contributed by atoms with E-state index in [0.717, 1.165) is 41.5 Å². The first kappa shape index (κ1) is 16.0. The van der Waals surface area contributed by atoms with Crippen LogP contribution in [0.1, 0.15) is 33.4 Å². The lowest BCUT2D eigenvalue weighted by molar-refractivity contribution is 0.0698. The number of likely N-dealkylation sites (tertiary alicyclic amines) is 1. The molecule has 1 fully saturated rings. The van der Waals surface area contributed by atoms with Gasteiger partial charge in [-0.1, -0.05) is 18.2 Å². The highest BCUT2D eigenvalue weighted by atomic mass is 32.1. The molecule has 3 aromatic rings. The molecule has 25 heavy (non-hydrogen) atoms. The van der Waals surface area contributed by atoms with E-state index in [9.17, 15) is 9.90 Å². The fourth-order valence-electron chi connectivity index (χ4n) is 3.31. The molecule has 2 N–H and O–H groups in total. The molecule has 128 valence electrons. The van der Waals surface area contributed by atoms with Gasteiger partial charge in [0.25, 0.3) is 0 Å². The molecule has 1 aliphatic rings. The topological polar surface area (TPSA) is 82.1 Å². The third kappa shape index (κ3) is 3.33. The van der Waals surface area contributed by atoms with E-state index >= 15 is 0 Å². The largest absolute Gasteiger partial charge is 0.478 e. The number of rotatable bonds is 5. The van der Waals surface area contributed by atoms with Crippen molar-refractivity contribution in [2.75, 3.05) is 13.1 Å². The number of nitrogens with one attached hydrogen (secondary N) is 1. The second-order valence-electron chi connectivity index (χ2n) is 6.20. The Kier molecular flexibility index (Phi) is 4.33. The van der Waals surface area contributed by atoms with Crippen LogP contribution in [0.25, 0.3) is 10.4 Å². The normalized spacial score (nSPS) is 17.8. The highest BCUT2D eigenvalue weighted by Gasteiger charge is 2.25. The predicted molar refractivity (Wildman–Crippen MR) is 95.7 cm³/mol. The number of carbonyl (C=O) groups is 1. The van der Waals surface area contributed by atoms with Gasteiger partial charge in [0.2, 0.25) is 0 Å². The van der Waals surface area contributed by atoms with Crippen LogP contribution in [0.5, 0.6) is 0 Å². The molecule has 0 aliphatic carbocycles. The average molecular weight is 354 g/mol. The zero-order chi connectivity index (χ0) is 17.2. The van der Waals surface area contributed by atoms with Gasteiger partial charge in [-0.2, -0.15) is 5.10 Å². The lowest BCUT2D eigenvalue weighted by atomic mass is 10.1. The number of aromatic carboxylic acids is 1. The molecule has 1 atom stereocenters. The van der Waals surface area contributed by atoms with E-state index in [-0.39, 0.29) is 0 Å². The Labute approximate surface area is 149 Å². The summed E-state index contributed by atoms with van der Waals surface area (Å²) in [6.45, 7) is 2.82. The fourth-order valence-corrected chi connectivity index (χ4v) is 4.31. The third-order valence-electron chi connectivity index (χ3n) is 4.57. The molecule has 0 amide bonds. The second kappa shape index (κ2) is 6.78. The first-order valence-corrected chi connectivity index (χ1v) is 9.01. The Morgan fingerprint density at radius 2 is 2.24 bits per heavy atom. The van der Waals surface area contributed by atoms with Crippen molar-refractivity contribution in [3.8, 4) is 10.4 Å². The lowest BCUT2D eigenvalue weighted by Gasteiger charge is -2.13. The minimum atomic E-state index is -0.910. The maximum Gasteiger partial charge on any atom is 0.336 e. The number of thiazole rings is 1. The van der Waals surface area contributed by atoms with Gasteiger partial charge >= 0.3 is 5.97 Å². The molecule has 2 aromatic heterocycles. The molecule has 1 aliphatic heterocycles. The molecule has 7 heteroatoms. The van der Waals surface area contributed by atoms with Crippen LogP contribution in [0.15, 0.2) is 42.7 Å². The second-order valence-corrected chi connectivity index (χ2v) is 7.32. The fraction of sp³-hybridized carbons (Fsp3) is 0.278. The Morgan fingerprint density at radius 1 is 1.36 bits per heavy atom. The number of H-pyrrole nitrogens is 1. The van der Waals surface area contributed by atoms with Crippen LogP contribution in [0, 0.1) is 0 Å². The predicted octanol–water partition coefficient (Wildman–Crippen LogP) is 3.22. The van der Waals surface area contributed by atoms with E-state index in [2.05, 4.69) is 20.1 Å². The van der Waals surface area contributed by atoms with Crippen molar-refractivity contribution in [2.24, 2.45) is 0 Å². The minimum absolute atomic E-state index is 0.318. The molecule has 0 unspecified atom stereocenters. The van der Waals surface area contributed by atoms with Crippen LogP contribution in [0.3, 0.4) is 0 Å². The first-order chi connectivity index (χ1) is 12.2. The summed E-state index contributed by atoms with van der Waals surface area (Å²) in [5, 5.41) is 17.5. The number of aromatic nitrogens is 3. The quantitative estimate of drug-likeness (QED) is 0.735. The number of aromatic amines is 1. The highest BCUT2D eigenvalue weighted by Crippen LogP contribution is 2.31. The maximum atomic E-state index is 11.4. The third-order valence-corrected chi connectivity index (χ3v) is 5.59. The van der Waals surface area contributed by atoms with Gasteiger partial charge < -0.3 is 5.11 Å². The molecular formula is C18H18N4O2S. The highest BCUT2D eigenvalue weighted by molar-refractivity contribution is 7.15. The standard InChI is InChI=1S/C18H18N4O2S/c23-18(24)14-4-2-1-3-13(14)16-9-19-17(25-16)11-22-8-6-12(10-22)15-5-7-20-21-15/h1-5,7,9,12H,6,8,10-11H2,(H,20,21)(H,23,24)/t12-/m1/s1.